The molecule has 3 heteroatoms. The van der Waals surface area contributed by atoms with Crippen LogP contribution in [0.15, 0.2) is 0 Å². The van der Waals surface area contributed by atoms with Crippen LogP contribution in [0.2, 0.25) is 0 Å². The summed E-state index contributed by atoms with van der Waals surface area (Å²) in [5.74, 6) is 1.02. The van der Waals surface area contributed by atoms with Gasteiger partial charge in [-0.05, 0) is 53.5 Å². The summed E-state index contributed by atoms with van der Waals surface area (Å²) < 4.78 is 6.09. The van der Waals surface area contributed by atoms with Crippen LogP contribution in [0.1, 0.15) is 60.3 Å². The van der Waals surface area contributed by atoms with Crippen LogP contribution in [0.5, 0.6) is 0 Å². The van der Waals surface area contributed by atoms with Gasteiger partial charge in [-0.25, -0.2) is 0 Å². The number of ether oxygens (including phenoxy) is 1. The van der Waals surface area contributed by atoms with Gasteiger partial charge in [0.25, 0.3) is 0 Å². The molecule has 0 aromatic carbocycles. The van der Waals surface area contributed by atoms with Gasteiger partial charge in [0.05, 0.1) is 17.3 Å². The number of aliphatic hydroxyl groups is 1. The minimum Gasteiger partial charge on any atom is -0.390 e. The fourth-order valence-electron chi connectivity index (χ4n) is 4.26. The summed E-state index contributed by atoms with van der Waals surface area (Å²) in [4.78, 5) is 2.47. The zero-order valence-electron chi connectivity index (χ0n) is 14.1. The van der Waals surface area contributed by atoms with Crippen molar-refractivity contribution in [2.75, 3.05) is 13.6 Å². The van der Waals surface area contributed by atoms with Crippen LogP contribution in [0, 0.1) is 11.8 Å². The average Bonchev–Trinajstić information content (AvgIpc) is 2.47. The van der Waals surface area contributed by atoms with Gasteiger partial charge in [-0.1, -0.05) is 19.8 Å². The van der Waals surface area contributed by atoms with Crippen LogP contribution in [0.25, 0.3) is 0 Å². The number of rotatable bonds is 3. The van der Waals surface area contributed by atoms with Crippen LogP contribution in [0.4, 0.5) is 0 Å². The smallest absolute Gasteiger partial charge is 0.0896 e. The molecule has 0 amide bonds. The van der Waals surface area contributed by atoms with Crippen LogP contribution in [0.3, 0.4) is 0 Å². The summed E-state index contributed by atoms with van der Waals surface area (Å²) in [5.41, 5.74) is -0.688. The Bertz CT molecular complexity index is 340. The largest absolute Gasteiger partial charge is 0.390 e. The predicted molar refractivity (Wildman–Crippen MR) is 82.8 cm³/mol. The molecule has 1 heterocycles. The van der Waals surface area contributed by atoms with Crippen molar-refractivity contribution in [2.24, 2.45) is 11.8 Å². The summed E-state index contributed by atoms with van der Waals surface area (Å²) in [6.45, 7) is 11.5. The van der Waals surface area contributed by atoms with Crippen LogP contribution >= 0.6 is 0 Å². The Balaban J connectivity index is 2.01. The van der Waals surface area contributed by atoms with Gasteiger partial charge in [-0.2, -0.15) is 0 Å². The maximum absolute atomic E-state index is 10.6. The summed E-state index contributed by atoms with van der Waals surface area (Å²) in [7, 11) is 2.22. The van der Waals surface area contributed by atoms with Gasteiger partial charge in [0.1, 0.15) is 0 Å². The monoisotopic (exact) mass is 283 g/mol. The van der Waals surface area contributed by atoms with E-state index in [9.17, 15) is 5.11 Å². The number of hydrogen-bond donors (Lipinski definition) is 1. The first-order valence-corrected chi connectivity index (χ1v) is 8.22. The van der Waals surface area contributed by atoms with Gasteiger partial charge >= 0.3 is 0 Å². The molecule has 1 saturated heterocycles. The van der Waals surface area contributed by atoms with Gasteiger partial charge in [0.2, 0.25) is 0 Å². The fraction of sp³-hybridized carbons (Fsp3) is 1.00. The third-order valence-electron chi connectivity index (χ3n) is 5.53. The van der Waals surface area contributed by atoms with E-state index in [-0.39, 0.29) is 17.6 Å². The highest BCUT2D eigenvalue weighted by atomic mass is 16.5. The lowest BCUT2D eigenvalue weighted by atomic mass is 9.82. The van der Waals surface area contributed by atoms with E-state index in [0.717, 1.165) is 12.5 Å². The zero-order chi connectivity index (χ0) is 15.1. The van der Waals surface area contributed by atoms with Crippen LogP contribution < -0.4 is 0 Å². The molecule has 2 fully saturated rings. The van der Waals surface area contributed by atoms with Crippen LogP contribution in [-0.2, 0) is 4.74 Å². The molecule has 1 N–H and O–H groups in total. The molecule has 0 spiro atoms. The maximum Gasteiger partial charge on any atom is 0.0896 e. The molecule has 1 aliphatic heterocycles. The Labute approximate surface area is 124 Å². The van der Waals surface area contributed by atoms with Crippen molar-refractivity contribution >= 4 is 0 Å². The third-order valence-corrected chi connectivity index (χ3v) is 5.53. The second-order valence-electron chi connectivity index (χ2n) is 8.23. The van der Waals surface area contributed by atoms with Crippen molar-refractivity contribution in [1.29, 1.82) is 0 Å². The van der Waals surface area contributed by atoms with E-state index in [1.54, 1.807) is 0 Å². The predicted octanol–water partition coefficient (Wildman–Crippen LogP) is 3.06. The Kier molecular flexibility index (Phi) is 4.54. The van der Waals surface area contributed by atoms with Gasteiger partial charge < -0.3 is 14.7 Å². The molecule has 0 bridgehead atoms. The molecule has 4 unspecified atom stereocenters. The fourth-order valence-corrected chi connectivity index (χ4v) is 4.26. The lowest BCUT2D eigenvalue weighted by Gasteiger charge is -2.38. The van der Waals surface area contributed by atoms with Crippen molar-refractivity contribution < 1.29 is 9.84 Å². The Morgan fingerprint density at radius 2 is 1.80 bits per heavy atom. The first-order valence-electron chi connectivity index (χ1n) is 8.22. The molecule has 0 aromatic rings. The summed E-state index contributed by atoms with van der Waals surface area (Å²) in [6, 6.07) is 0.672. The van der Waals surface area contributed by atoms with Crippen molar-refractivity contribution in [3.05, 3.63) is 0 Å². The summed E-state index contributed by atoms with van der Waals surface area (Å²) in [5, 5.41) is 10.6. The Morgan fingerprint density at radius 1 is 1.15 bits per heavy atom. The standard InChI is InChI=1S/C17H33NO2/c1-12-8-7-9-13(10-12)18(6)11-14-15(19)17(4,5)20-16(14,2)3/h12-15,19H,7-11H2,1-6H3. The highest BCUT2D eigenvalue weighted by molar-refractivity contribution is 5.02. The van der Waals surface area contributed by atoms with E-state index in [2.05, 4.69) is 32.7 Å². The molecule has 3 nitrogen and oxygen atoms in total. The second-order valence-corrected chi connectivity index (χ2v) is 8.23. The van der Waals surface area contributed by atoms with E-state index in [1.807, 2.05) is 13.8 Å². The van der Waals surface area contributed by atoms with Crippen molar-refractivity contribution in [3.63, 3.8) is 0 Å². The molecule has 20 heavy (non-hydrogen) atoms. The lowest BCUT2D eigenvalue weighted by molar-refractivity contribution is -0.0915. The molecular weight excluding hydrogens is 250 g/mol. The van der Waals surface area contributed by atoms with Crippen molar-refractivity contribution in [1.82, 2.24) is 4.90 Å². The lowest BCUT2D eigenvalue weighted by Crippen LogP contribution is -2.46. The normalized spacial score (nSPS) is 40.2. The highest BCUT2D eigenvalue weighted by Crippen LogP contribution is 2.43. The molecule has 2 aliphatic rings. The number of nitrogens with zero attached hydrogens (tertiary/aromatic N) is 1. The van der Waals surface area contributed by atoms with E-state index in [0.29, 0.717) is 6.04 Å². The molecular formula is C17H33NO2. The topological polar surface area (TPSA) is 32.7 Å². The minimum atomic E-state index is -0.436. The molecule has 4 atom stereocenters. The van der Waals surface area contributed by atoms with Gasteiger partial charge in [0, 0.05) is 18.5 Å². The first kappa shape index (κ1) is 16.3. The quantitative estimate of drug-likeness (QED) is 0.864. The SMILES string of the molecule is CC1CCCC(N(C)CC2C(O)C(C)(C)OC2(C)C)C1. The maximum atomic E-state index is 10.6. The van der Waals surface area contributed by atoms with E-state index in [1.165, 1.54) is 25.7 Å². The molecule has 118 valence electrons. The van der Waals surface area contributed by atoms with Crippen LogP contribution in [-0.4, -0.2) is 46.9 Å². The Hall–Kier alpha value is -0.120. The van der Waals surface area contributed by atoms with Crippen molar-refractivity contribution in [3.8, 4) is 0 Å². The summed E-state index contributed by atoms with van der Waals surface area (Å²) >= 11 is 0. The molecule has 2 rings (SSSR count). The third kappa shape index (κ3) is 3.20. The van der Waals surface area contributed by atoms with Gasteiger partial charge in [0.15, 0.2) is 0 Å². The minimum absolute atomic E-state index is 0.180. The zero-order valence-corrected chi connectivity index (χ0v) is 14.1. The molecule has 1 saturated carbocycles. The molecule has 0 radical (unpaired) electrons. The highest BCUT2D eigenvalue weighted by Gasteiger charge is 2.53. The van der Waals surface area contributed by atoms with Gasteiger partial charge in [-0.15, -0.1) is 0 Å². The van der Waals surface area contributed by atoms with Gasteiger partial charge in [-0.3, -0.25) is 0 Å². The van der Waals surface area contributed by atoms with E-state index in [4.69, 9.17) is 4.74 Å². The first-order chi connectivity index (χ1) is 9.13. The number of aliphatic hydroxyl groups excluding tert-OH is 1. The molecule has 1 aliphatic carbocycles. The molecule has 0 aromatic heterocycles. The van der Waals surface area contributed by atoms with E-state index >= 15 is 0 Å². The van der Waals surface area contributed by atoms with E-state index < -0.39 is 5.60 Å². The second kappa shape index (κ2) is 5.58. The Morgan fingerprint density at radius 3 is 2.30 bits per heavy atom. The summed E-state index contributed by atoms with van der Waals surface area (Å²) in [6.07, 6.45) is 4.92. The number of hydrogen-bond acceptors (Lipinski definition) is 3. The average molecular weight is 283 g/mol. The van der Waals surface area contributed by atoms with Crippen molar-refractivity contribution in [2.45, 2.75) is 83.6 Å².